The molecule has 5 rings (SSSR count). The average Bonchev–Trinajstić information content (AvgIpc) is 3.39. The van der Waals surface area contributed by atoms with E-state index in [1.54, 1.807) is 24.3 Å². The Morgan fingerprint density at radius 3 is 2.14 bits per heavy atom. The van der Waals surface area contributed by atoms with Crippen molar-refractivity contribution in [2.45, 2.75) is 36.6 Å². The Kier molecular flexibility index (Phi) is 7.52. The first-order valence-electron chi connectivity index (χ1n) is 12.5. The number of rotatable bonds is 7. The molecule has 0 saturated carbocycles. The molecule has 8 nitrogen and oxygen atoms in total. The van der Waals surface area contributed by atoms with Crippen LogP contribution in [0, 0.1) is 0 Å². The molecule has 2 aliphatic rings. The van der Waals surface area contributed by atoms with Crippen molar-refractivity contribution < 1.29 is 17.9 Å². The highest BCUT2D eigenvalue weighted by Gasteiger charge is 2.25. The Morgan fingerprint density at radius 2 is 1.49 bits per heavy atom. The summed E-state index contributed by atoms with van der Waals surface area (Å²) in [6, 6.07) is 23.4. The van der Waals surface area contributed by atoms with Gasteiger partial charge in [-0.1, -0.05) is 36.8 Å². The smallest absolute Gasteiger partial charge is 0.323 e. The molecular formula is C28H30N4O4S. The number of sulfonamides is 1. The number of piperidine rings is 1. The van der Waals surface area contributed by atoms with E-state index in [9.17, 15) is 13.2 Å². The molecule has 3 aromatic carbocycles. The molecule has 2 amide bonds. The molecule has 0 spiro atoms. The van der Waals surface area contributed by atoms with Gasteiger partial charge in [0.2, 0.25) is 15.9 Å². The van der Waals surface area contributed by atoms with Gasteiger partial charge in [0.15, 0.2) is 0 Å². The van der Waals surface area contributed by atoms with Gasteiger partial charge in [0, 0.05) is 30.0 Å². The standard InChI is InChI=1S/C28H30N4O4S/c33-28(31-24-13-15-26(16-14-24)37(34,35)32-17-5-2-6-18-32)30-23-11-9-22(10-12-23)27-29-25(20-36-27)19-21-7-3-1-4-8-21/h1,3-4,7-16,25H,2,5-6,17-20H2,(H2,30,31,33)/t25-/m1/s1. The number of nitrogens with one attached hydrogen (secondary N) is 2. The van der Waals surface area contributed by atoms with Crippen LogP contribution in [0.4, 0.5) is 16.2 Å². The number of benzene rings is 3. The molecule has 37 heavy (non-hydrogen) atoms. The number of hydrogen-bond donors (Lipinski definition) is 2. The van der Waals surface area contributed by atoms with Crippen molar-refractivity contribution in [3.05, 3.63) is 90.0 Å². The molecule has 0 bridgehead atoms. The van der Waals surface area contributed by atoms with E-state index in [1.807, 2.05) is 30.3 Å². The normalized spacial score (nSPS) is 18.1. The summed E-state index contributed by atoms with van der Waals surface area (Å²) in [7, 11) is -3.50. The molecule has 0 aromatic heterocycles. The number of aliphatic imine (C=N–C) groups is 1. The maximum Gasteiger partial charge on any atom is 0.323 e. The van der Waals surface area contributed by atoms with Crippen molar-refractivity contribution in [2.75, 3.05) is 30.3 Å². The summed E-state index contributed by atoms with van der Waals surface area (Å²) < 4.78 is 32.9. The summed E-state index contributed by atoms with van der Waals surface area (Å²) in [5.41, 5.74) is 3.20. The van der Waals surface area contributed by atoms with Gasteiger partial charge in [-0.25, -0.2) is 18.2 Å². The number of carbonyl (C=O) groups is 1. The lowest BCUT2D eigenvalue weighted by Crippen LogP contribution is -2.35. The highest BCUT2D eigenvalue weighted by molar-refractivity contribution is 7.89. The monoisotopic (exact) mass is 518 g/mol. The molecule has 192 valence electrons. The van der Waals surface area contributed by atoms with Crippen LogP contribution in [-0.4, -0.2) is 50.4 Å². The molecule has 2 heterocycles. The van der Waals surface area contributed by atoms with E-state index in [1.165, 1.54) is 22.0 Å². The third-order valence-corrected chi connectivity index (χ3v) is 8.39. The van der Waals surface area contributed by atoms with Gasteiger partial charge in [-0.2, -0.15) is 4.31 Å². The number of carbonyl (C=O) groups excluding carboxylic acids is 1. The Labute approximate surface area is 217 Å². The predicted octanol–water partition coefficient (Wildman–Crippen LogP) is 4.89. The number of ether oxygens (including phenoxy) is 1. The minimum absolute atomic E-state index is 0.0854. The van der Waals surface area contributed by atoms with Crippen LogP contribution >= 0.6 is 0 Å². The van der Waals surface area contributed by atoms with E-state index < -0.39 is 16.1 Å². The molecule has 3 aromatic rings. The van der Waals surface area contributed by atoms with E-state index in [0.717, 1.165) is 31.2 Å². The Balaban J connectivity index is 1.15. The van der Waals surface area contributed by atoms with Gasteiger partial charge >= 0.3 is 6.03 Å². The molecule has 1 atom stereocenters. The third-order valence-electron chi connectivity index (χ3n) is 6.48. The second-order valence-corrected chi connectivity index (χ2v) is 11.2. The zero-order valence-electron chi connectivity index (χ0n) is 20.5. The number of urea groups is 1. The van der Waals surface area contributed by atoms with Gasteiger partial charge in [0.1, 0.15) is 6.61 Å². The quantitative estimate of drug-likeness (QED) is 0.465. The highest BCUT2D eigenvalue weighted by atomic mass is 32.2. The number of hydrogen-bond acceptors (Lipinski definition) is 5. The lowest BCUT2D eigenvalue weighted by atomic mass is 10.1. The van der Waals surface area contributed by atoms with Gasteiger partial charge < -0.3 is 15.4 Å². The van der Waals surface area contributed by atoms with Crippen LogP contribution in [0.15, 0.2) is 88.8 Å². The first-order valence-corrected chi connectivity index (χ1v) is 13.9. The van der Waals surface area contributed by atoms with Crippen LogP contribution in [0.3, 0.4) is 0 Å². The highest BCUT2D eigenvalue weighted by Crippen LogP contribution is 2.22. The summed E-state index contributed by atoms with van der Waals surface area (Å²) in [4.78, 5) is 17.4. The Morgan fingerprint density at radius 1 is 0.865 bits per heavy atom. The van der Waals surface area contributed by atoms with Crippen LogP contribution in [0.1, 0.15) is 30.4 Å². The fourth-order valence-electron chi connectivity index (χ4n) is 4.52. The van der Waals surface area contributed by atoms with Crippen molar-refractivity contribution in [2.24, 2.45) is 4.99 Å². The van der Waals surface area contributed by atoms with Gasteiger partial charge in [-0.05, 0) is 73.4 Å². The van der Waals surface area contributed by atoms with Crippen molar-refractivity contribution in [3.8, 4) is 0 Å². The summed E-state index contributed by atoms with van der Waals surface area (Å²) in [5, 5.41) is 5.53. The van der Waals surface area contributed by atoms with Gasteiger partial charge in [0.25, 0.3) is 0 Å². The van der Waals surface area contributed by atoms with Crippen molar-refractivity contribution >= 4 is 33.3 Å². The fraction of sp³-hybridized carbons (Fsp3) is 0.286. The molecule has 1 saturated heterocycles. The van der Waals surface area contributed by atoms with E-state index in [2.05, 4.69) is 22.8 Å². The predicted molar refractivity (Wildman–Crippen MR) is 145 cm³/mol. The first-order chi connectivity index (χ1) is 18.0. The molecule has 0 aliphatic carbocycles. The zero-order chi connectivity index (χ0) is 25.7. The lowest BCUT2D eigenvalue weighted by molar-refractivity contribution is 0.262. The minimum Gasteiger partial charge on any atom is -0.475 e. The van der Waals surface area contributed by atoms with E-state index in [4.69, 9.17) is 9.73 Å². The fourth-order valence-corrected chi connectivity index (χ4v) is 6.04. The van der Waals surface area contributed by atoms with Gasteiger partial charge in [-0.3, -0.25) is 0 Å². The topological polar surface area (TPSA) is 100 Å². The van der Waals surface area contributed by atoms with E-state index in [-0.39, 0.29) is 10.9 Å². The first kappa shape index (κ1) is 25.0. The SMILES string of the molecule is O=C(Nc1ccc(C2=N[C@H](Cc3ccccc3)CO2)cc1)Nc1ccc(S(=O)(=O)N2CCCCC2)cc1. The Bertz CT molecular complexity index is 1350. The van der Waals surface area contributed by atoms with Crippen molar-refractivity contribution in [3.63, 3.8) is 0 Å². The number of anilines is 2. The summed E-state index contributed by atoms with van der Waals surface area (Å²) >= 11 is 0. The van der Waals surface area contributed by atoms with Gasteiger partial charge in [-0.15, -0.1) is 0 Å². The maximum absolute atomic E-state index is 12.8. The van der Waals surface area contributed by atoms with Gasteiger partial charge in [0.05, 0.1) is 10.9 Å². The Hall–Kier alpha value is -3.69. The molecule has 1 fully saturated rings. The molecule has 2 aliphatic heterocycles. The second kappa shape index (κ2) is 11.1. The summed E-state index contributed by atoms with van der Waals surface area (Å²) in [5.74, 6) is 0.608. The van der Waals surface area contributed by atoms with Crippen LogP contribution in [-0.2, 0) is 21.2 Å². The van der Waals surface area contributed by atoms with E-state index >= 15 is 0 Å². The molecule has 0 radical (unpaired) electrons. The van der Waals surface area contributed by atoms with Crippen LogP contribution in [0.5, 0.6) is 0 Å². The second-order valence-electron chi connectivity index (χ2n) is 9.23. The lowest BCUT2D eigenvalue weighted by Gasteiger charge is -2.25. The molecular weight excluding hydrogens is 488 g/mol. The van der Waals surface area contributed by atoms with Crippen LogP contribution in [0.2, 0.25) is 0 Å². The molecule has 0 unspecified atom stereocenters. The maximum atomic E-state index is 12.8. The molecule has 2 N–H and O–H groups in total. The van der Waals surface area contributed by atoms with Crippen LogP contribution < -0.4 is 10.6 Å². The van der Waals surface area contributed by atoms with Crippen LogP contribution in [0.25, 0.3) is 0 Å². The molecule has 9 heteroatoms. The number of nitrogens with zero attached hydrogens (tertiary/aromatic N) is 2. The largest absolute Gasteiger partial charge is 0.475 e. The van der Waals surface area contributed by atoms with Crippen molar-refractivity contribution in [1.82, 2.24) is 4.31 Å². The summed E-state index contributed by atoms with van der Waals surface area (Å²) in [6.07, 6.45) is 3.66. The van der Waals surface area contributed by atoms with E-state index in [0.29, 0.717) is 37.0 Å². The zero-order valence-corrected chi connectivity index (χ0v) is 21.3. The number of amides is 2. The van der Waals surface area contributed by atoms with Crippen molar-refractivity contribution in [1.29, 1.82) is 0 Å². The summed E-state index contributed by atoms with van der Waals surface area (Å²) in [6.45, 7) is 1.65. The minimum atomic E-state index is -3.50. The average molecular weight is 519 g/mol. The third kappa shape index (κ3) is 6.18.